The third kappa shape index (κ3) is 34.3. The topological polar surface area (TPSA) is 94.1 Å². The zero-order chi connectivity index (χ0) is 34.2. The maximum Gasteiger partial charge on any atom is 0.306 e. The summed E-state index contributed by atoms with van der Waals surface area (Å²) in [6.45, 7) is 5.32. The van der Waals surface area contributed by atoms with E-state index in [1.54, 1.807) is 0 Å². The number of esters is 1. The Balaban J connectivity index is 4.29. The van der Waals surface area contributed by atoms with Gasteiger partial charge in [0.05, 0.1) is 34.4 Å². The van der Waals surface area contributed by atoms with Crippen molar-refractivity contribution >= 4 is 13.8 Å². The zero-order valence-electron chi connectivity index (χ0n) is 30.5. The predicted molar refractivity (Wildman–Crippen MR) is 190 cm³/mol. The van der Waals surface area contributed by atoms with Crippen molar-refractivity contribution in [2.75, 3.05) is 54.1 Å². The highest BCUT2D eigenvalue weighted by Gasteiger charge is 2.20. The molecule has 0 aromatic heterocycles. The van der Waals surface area contributed by atoms with Gasteiger partial charge in [-0.1, -0.05) is 128 Å². The van der Waals surface area contributed by atoms with Gasteiger partial charge in [-0.05, 0) is 38.5 Å². The van der Waals surface area contributed by atoms with Crippen LogP contribution in [0.4, 0.5) is 0 Å². The minimum absolute atomic E-state index is 0.0251. The van der Waals surface area contributed by atoms with Crippen LogP contribution in [0.5, 0.6) is 0 Å². The summed E-state index contributed by atoms with van der Waals surface area (Å²) in [4.78, 5) is 24.8. The van der Waals surface area contributed by atoms with Crippen LogP contribution < -0.4 is 4.89 Å². The molecule has 0 spiro atoms. The quantitative estimate of drug-likeness (QED) is 0.0221. The van der Waals surface area contributed by atoms with Gasteiger partial charge in [0.25, 0.3) is 7.82 Å². The van der Waals surface area contributed by atoms with E-state index in [2.05, 4.69) is 38.2 Å². The van der Waals surface area contributed by atoms with Crippen molar-refractivity contribution in [3.05, 3.63) is 24.3 Å². The molecule has 0 radical (unpaired) electrons. The Labute approximate surface area is 283 Å². The van der Waals surface area contributed by atoms with E-state index in [-0.39, 0.29) is 25.8 Å². The Morgan fingerprint density at radius 1 is 0.674 bits per heavy atom. The second-order valence-corrected chi connectivity index (χ2v) is 15.0. The minimum Gasteiger partial charge on any atom is -0.756 e. The number of rotatable bonds is 34. The lowest BCUT2D eigenvalue weighted by atomic mass is 10.1. The molecule has 0 aliphatic heterocycles. The van der Waals surface area contributed by atoms with Crippen LogP contribution >= 0.6 is 7.82 Å². The van der Waals surface area contributed by atoms with Gasteiger partial charge in [0.2, 0.25) is 0 Å². The number of carbonyl (C=O) groups excluding carboxylic acids is 1. The fraction of sp³-hybridized carbons (Fsp3) is 0.865. The van der Waals surface area contributed by atoms with E-state index in [0.717, 1.165) is 51.4 Å². The van der Waals surface area contributed by atoms with Gasteiger partial charge in [-0.2, -0.15) is 0 Å². The molecule has 0 saturated heterocycles. The summed E-state index contributed by atoms with van der Waals surface area (Å²) in [7, 11) is 1.35. The first kappa shape index (κ1) is 45.0. The molecule has 0 aromatic rings. The average molecular weight is 674 g/mol. The van der Waals surface area contributed by atoms with E-state index in [1.165, 1.54) is 77.0 Å². The Hall–Kier alpha value is -1.02. The summed E-state index contributed by atoms with van der Waals surface area (Å²) >= 11 is 0. The normalized spacial score (nSPS) is 14.3. The summed E-state index contributed by atoms with van der Waals surface area (Å²) in [5, 5.41) is 0. The molecule has 0 saturated carbocycles. The van der Waals surface area contributed by atoms with Gasteiger partial charge in [-0.3, -0.25) is 9.36 Å². The van der Waals surface area contributed by atoms with Gasteiger partial charge >= 0.3 is 5.97 Å². The number of likely N-dealkylation sites (N-methyl/N-ethyl adjacent to an activating group) is 1. The summed E-state index contributed by atoms with van der Waals surface area (Å²) in [5.41, 5.74) is 0. The van der Waals surface area contributed by atoms with Crippen molar-refractivity contribution in [3.8, 4) is 0 Å². The zero-order valence-corrected chi connectivity index (χ0v) is 31.4. The second kappa shape index (κ2) is 31.3. The average Bonchev–Trinajstić information content (AvgIpc) is 2.99. The van der Waals surface area contributed by atoms with Crippen molar-refractivity contribution < 1.29 is 37.3 Å². The fourth-order valence-corrected chi connectivity index (χ4v) is 5.52. The van der Waals surface area contributed by atoms with Crippen molar-refractivity contribution in [2.24, 2.45) is 0 Å². The fourth-order valence-electron chi connectivity index (χ4n) is 4.80. The van der Waals surface area contributed by atoms with E-state index >= 15 is 0 Å². The molecular weight excluding hydrogens is 601 g/mol. The largest absolute Gasteiger partial charge is 0.756 e. The molecule has 0 N–H and O–H groups in total. The number of allylic oxidation sites excluding steroid dienone is 4. The molecule has 8 nitrogen and oxygen atoms in total. The molecule has 0 heterocycles. The lowest BCUT2D eigenvalue weighted by molar-refractivity contribution is -0.870. The van der Waals surface area contributed by atoms with E-state index in [9.17, 15) is 14.3 Å². The molecule has 0 rings (SSSR count). The number of carbonyl (C=O) groups is 1. The molecule has 0 amide bonds. The number of nitrogens with zero attached hydrogens (tertiary/aromatic N) is 1. The lowest BCUT2D eigenvalue weighted by Gasteiger charge is -2.28. The maximum atomic E-state index is 12.5. The van der Waals surface area contributed by atoms with Crippen molar-refractivity contribution in [3.63, 3.8) is 0 Å². The van der Waals surface area contributed by atoms with Crippen molar-refractivity contribution in [1.82, 2.24) is 0 Å². The Bertz CT molecular complexity index is 797. The molecular formula is C37H72NO7P. The van der Waals surface area contributed by atoms with Crippen molar-refractivity contribution in [1.29, 1.82) is 0 Å². The number of unbranched alkanes of at least 4 members (excludes halogenated alkanes) is 16. The van der Waals surface area contributed by atoms with Crippen LogP contribution in [0.2, 0.25) is 0 Å². The number of ether oxygens (including phenoxy) is 2. The molecule has 0 bridgehead atoms. The maximum absolute atomic E-state index is 12.5. The molecule has 0 aromatic carbocycles. The number of phosphoric ester groups is 1. The molecule has 2 atom stereocenters. The monoisotopic (exact) mass is 674 g/mol. The predicted octanol–water partition coefficient (Wildman–Crippen LogP) is 9.47. The van der Waals surface area contributed by atoms with Crippen LogP contribution in [0.25, 0.3) is 0 Å². The first-order chi connectivity index (χ1) is 22.1. The van der Waals surface area contributed by atoms with E-state index < -0.39 is 13.9 Å². The highest BCUT2D eigenvalue weighted by molar-refractivity contribution is 7.45. The summed E-state index contributed by atoms with van der Waals surface area (Å²) in [6, 6.07) is 0. The molecule has 2 unspecified atom stereocenters. The summed E-state index contributed by atoms with van der Waals surface area (Å²) in [5.74, 6) is -0.342. The van der Waals surface area contributed by atoms with Gasteiger partial charge in [-0.15, -0.1) is 0 Å². The lowest BCUT2D eigenvalue weighted by Crippen LogP contribution is -2.37. The number of hydrogen-bond donors (Lipinski definition) is 0. The first-order valence-corrected chi connectivity index (χ1v) is 20.0. The molecule has 0 aliphatic rings. The van der Waals surface area contributed by atoms with Gasteiger partial charge in [-0.25, -0.2) is 0 Å². The molecule has 9 heteroatoms. The van der Waals surface area contributed by atoms with Crippen LogP contribution in [-0.2, 0) is 27.9 Å². The van der Waals surface area contributed by atoms with Gasteiger partial charge < -0.3 is 27.9 Å². The van der Waals surface area contributed by atoms with Gasteiger partial charge in [0.15, 0.2) is 0 Å². The second-order valence-electron chi connectivity index (χ2n) is 13.6. The van der Waals surface area contributed by atoms with Crippen LogP contribution in [-0.4, -0.2) is 70.7 Å². The number of phosphoric acid groups is 1. The van der Waals surface area contributed by atoms with Crippen LogP contribution in [0.3, 0.4) is 0 Å². The van der Waals surface area contributed by atoms with E-state index in [1.807, 2.05) is 21.1 Å². The Kier molecular flexibility index (Phi) is 30.6. The van der Waals surface area contributed by atoms with Crippen LogP contribution in [0, 0.1) is 0 Å². The van der Waals surface area contributed by atoms with Crippen LogP contribution in [0.15, 0.2) is 24.3 Å². The SMILES string of the molecule is CCCC/C=C\C/C=C\CCCCCCCCOCC(COP(=O)([O-])OCC[N+](C)(C)C)OC(=O)CCCCCCCCCCC. The molecule has 0 fully saturated rings. The molecule has 46 heavy (non-hydrogen) atoms. The summed E-state index contributed by atoms with van der Waals surface area (Å²) in [6.07, 6.45) is 31.8. The Morgan fingerprint density at radius 3 is 1.83 bits per heavy atom. The Morgan fingerprint density at radius 2 is 1.22 bits per heavy atom. The smallest absolute Gasteiger partial charge is 0.306 e. The van der Waals surface area contributed by atoms with E-state index in [0.29, 0.717) is 24.1 Å². The van der Waals surface area contributed by atoms with Crippen molar-refractivity contribution in [2.45, 2.75) is 155 Å². The summed E-state index contributed by atoms with van der Waals surface area (Å²) < 4.78 is 34.3. The van der Waals surface area contributed by atoms with Crippen LogP contribution in [0.1, 0.15) is 149 Å². The van der Waals surface area contributed by atoms with Gasteiger partial charge in [0.1, 0.15) is 19.3 Å². The molecule has 272 valence electrons. The minimum atomic E-state index is -4.51. The third-order valence-corrected chi connectivity index (χ3v) is 8.72. The first-order valence-electron chi connectivity index (χ1n) is 18.6. The highest BCUT2D eigenvalue weighted by Crippen LogP contribution is 2.38. The highest BCUT2D eigenvalue weighted by atomic mass is 31.2. The molecule has 0 aliphatic carbocycles. The van der Waals surface area contributed by atoms with E-state index in [4.69, 9.17) is 18.5 Å². The van der Waals surface area contributed by atoms with Gasteiger partial charge in [0, 0.05) is 13.0 Å². The third-order valence-electron chi connectivity index (χ3n) is 7.76. The number of quaternary nitrogens is 1. The number of hydrogen-bond acceptors (Lipinski definition) is 7. The standard InChI is InChI=1S/C37H72NO7P/c1-6-8-10-12-14-16-17-18-19-20-21-23-25-27-29-32-42-34-36(35-44-46(40,41)43-33-31-38(3,4)5)45-37(39)30-28-26-24-22-15-13-11-9-7-2/h12,14,17-18,36H,6-11,13,15-16,19-35H2,1-5H3/b14-12-,18-17-.